The van der Waals surface area contributed by atoms with Gasteiger partial charge in [-0.05, 0) is 23.8 Å². The normalized spacial score (nSPS) is 17.3. The van der Waals surface area contributed by atoms with Crippen molar-refractivity contribution in [1.29, 1.82) is 0 Å². The molecule has 1 aromatic rings. The molecule has 0 amide bonds. The van der Waals surface area contributed by atoms with E-state index in [1.54, 1.807) is 18.3 Å². The van der Waals surface area contributed by atoms with Crippen LogP contribution < -0.4 is 10.6 Å². The fourth-order valence-electron chi connectivity index (χ4n) is 1.83. The lowest BCUT2D eigenvalue weighted by molar-refractivity contribution is -0.109. The van der Waals surface area contributed by atoms with Gasteiger partial charge in [0.1, 0.15) is 0 Å². The Morgan fingerprint density at radius 3 is 3.14 bits per heavy atom. The molecule has 1 aromatic heterocycles. The van der Waals surface area contributed by atoms with E-state index in [2.05, 4.69) is 4.98 Å². The summed E-state index contributed by atoms with van der Waals surface area (Å²) in [5.41, 5.74) is 1.72. The topological polar surface area (TPSA) is 30.0 Å². The first kappa shape index (κ1) is 7.44. The number of ketones is 1. The van der Waals surface area contributed by atoms with Crippen molar-refractivity contribution in [3.8, 4) is 0 Å². The summed E-state index contributed by atoms with van der Waals surface area (Å²) in [7, 11) is 0. The number of pyridine rings is 1. The van der Waals surface area contributed by atoms with Crippen molar-refractivity contribution >= 4 is 17.4 Å². The predicted octanol–water partition coefficient (Wildman–Crippen LogP) is 0.0917. The first-order chi connectivity index (χ1) is 6.86. The molecule has 2 nitrogen and oxygen atoms in total. The minimum Gasteiger partial charge on any atom is -0.289 e. The molecule has 0 radical (unpaired) electrons. The van der Waals surface area contributed by atoms with Gasteiger partial charge in [0.15, 0.2) is 5.78 Å². The van der Waals surface area contributed by atoms with E-state index in [0.29, 0.717) is 0 Å². The zero-order chi connectivity index (χ0) is 9.54. The van der Waals surface area contributed by atoms with Gasteiger partial charge in [0.05, 0.1) is 10.9 Å². The number of rotatable bonds is 0. The van der Waals surface area contributed by atoms with Crippen LogP contribution in [0.15, 0.2) is 42.1 Å². The molecule has 0 N–H and O–H groups in total. The Morgan fingerprint density at radius 1 is 1.29 bits per heavy atom. The summed E-state index contributed by atoms with van der Waals surface area (Å²) < 4.78 is 0. The fraction of sp³-hybridized carbons (Fsp3) is 0. The van der Waals surface area contributed by atoms with Gasteiger partial charge in [-0.15, -0.1) is 0 Å². The molecule has 0 spiro atoms. The minimum atomic E-state index is 0.0520. The van der Waals surface area contributed by atoms with E-state index in [0.717, 1.165) is 21.7 Å². The Kier molecular flexibility index (Phi) is 1.34. The average Bonchev–Trinajstić information content (AvgIpc) is 2.57. The van der Waals surface area contributed by atoms with E-state index >= 15 is 0 Å². The first-order valence-electron chi connectivity index (χ1n) is 4.46. The number of allylic oxidation sites excluding steroid dienone is 4. The number of hydrogen-bond acceptors (Lipinski definition) is 2. The van der Waals surface area contributed by atoms with E-state index < -0.39 is 0 Å². The zero-order valence-corrected chi connectivity index (χ0v) is 7.40. The van der Waals surface area contributed by atoms with Crippen molar-refractivity contribution < 1.29 is 4.79 Å². The van der Waals surface area contributed by atoms with E-state index in [9.17, 15) is 4.79 Å². The maximum atomic E-state index is 11.6. The highest BCUT2D eigenvalue weighted by molar-refractivity contribution is 6.29. The van der Waals surface area contributed by atoms with Gasteiger partial charge < -0.3 is 0 Å². The van der Waals surface area contributed by atoms with E-state index in [-0.39, 0.29) is 5.78 Å². The van der Waals surface area contributed by atoms with Gasteiger partial charge in [-0.25, -0.2) is 0 Å². The Labute approximate surface area is 80.6 Å². The molecule has 2 aliphatic carbocycles. The van der Waals surface area contributed by atoms with Crippen molar-refractivity contribution in [3.63, 3.8) is 0 Å². The van der Waals surface area contributed by atoms with Gasteiger partial charge >= 0.3 is 0 Å². The highest BCUT2D eigenvalue weighted by Gasteiger charge is 2.18. The van der Waals surface area contributed by atoms with Crippen LogP contribution in [0.5, 0.6) is 0 Å². The van der Waals surface area contributed by atoms with E-state index in [1.165, 1.54) is 0 Å². The van der Waals surface area contributed by atoms with Crippen LogP contribution in [0.3, 0.4) is 0 Å². The van der Waals surface area contributed by atoms with Crippen molar-refractivity contribution in [1.82, 2.24) is 4.98 Å². The summed E-state index contributed by atoms with van der Waals surface area (Å²) in [4.78, 5) is 15.8. The Hall–Kier alpha value is -1.96. The minimum absolute atomic E-state index is 0.0520. The largest absolute Gasteiger partial charge is 0.289 e. The summed E-state index contributed by atoms with van der Waals surface area (Å²) in [6.45, 7) is 0. The second kappa shape index (κ2) is 2.51. The molecule has 0 saturated heterocycles. The van der Waals surface area contributed by atoms with Crippen molar-refractivity contribution in [2.45, 2.75) is 0 Å². The van der Waals surface area contributed by atoms with Gasteiger partial charge in [0.25, 0.3) is 0 Å². The second-order valence-corrected chi connectivity index (χ2v) is 3.31. The highest BCUT2D eigenvalue weighted by atomic mass is 16.1. The van der Waals surface area contributed by atoms with Crippen LogP contribution in [0.4, 0.5) is 0 Å². The molecule has 2 heteroatoms. The molecular weight excluding hydrogens is 174 g/mol. The Morgan fingerprint density at radius 2 is 2.21 bits per heavy atom. The number of nitrogens with zero attached hydrogens (tertiary/aromatic N) is 1. The van der Waals surface area contributed by atoms with Crippen LogP contribution in [0.1, 0.15) is 0 Å². The maximum absolute atomic E-state index is 11.6. The summed E-state index contributed by atoms with van der Waals surface area (Å²) in [6.07, 6.45) is 9.02. The molecule has 0 atom stereocenters. The van der Waals surface area contributed by atoms with Gasteiger partial charge in [-0.3, -0.25) is 9.78 Å². The van der Waals surface area contributed by atoms with Gasteiger partial charge in [-0.1, -0.05) is 18.2 Å². The smallest absolute Gasteiger partial charge is 0.188 e. The van der Waals surface area contributed by atoms with E-state index in [4.69, 9.17) is 0 Å². The average molecular weight is 181 g/mol. The van der Waals surface area contributed by atoms with Crippen molar-refractivity contribution in [2.24, 2.45) is 0 Å². The maximum Gasteiger partial charge on any atom is 0.188 e. The van der Waals surface area contributed by atoms with Crippen LogP contribution in [0, 0.1) is 0 Å². The first-order valence-corrected chi connectivity index (χ1v) is 4.46. The quantitative estimate of drug-likeness (QED) is 0.568. The number of aromatic nitrogens is 1. The fourth-order valence-corrected chi connectivity index (χ4v) is 1.83. The van der Waals surface area contributed by atoms with Crippen LogP contribution in [0.25, 0.3) is 11.6 Å². The summed E-state index contributed by atoms with van der Waals surface area (Å²) in [5, 5.41) is 1.85. The number of carbonyl (C=O) groups excluding carboxylic acids is 1. The van der Waals surface area contributed by atoms with Crippen LogP contribution in [0.2, 0.25) is 0 Å². The molecule has 1 heterocycles. The van der Waals surface area contributed by atoms with Crippen molar-refractivity contribution in [2.75, 3.05) is 0 Å². The zero-order valence-electron chi connectivity index (χ0n) is 7.40. The van der Waals surface area contributed by atoms with Gasteiger partial charge in [-0.2, -0.15) is 0 Å². The Balaban J connectivity index is 2.51. The lowest BCUT2D eigenvalue weighted by atomic mass is 10.00. The van der Waals surface area contributed by atoms with Crippen LogP contribution in [-0.4, -0.2) is 10.8 Å². The standard InChI is InChI=1S/C12H7NO/c14-10-5-1-3-8-7-9-4-2-6-13-12(9)11(8)10/h1-7H. The molecule has 0 aliphatic heterocycles. The summed E-state index contributed by atoms with van der Waals surface area (Å²) >= 11 is 0. The van der Waals surface area contributed by atoms with E-state index in [1.807, 2.05) is 24.3 Å². The molecule has 0 unspecified atom stereocenters. The molecule has 0 fully saturated rings. The molecule has 0 aromatic carbocycles. The third-order valence-corrected chi connectivity index (χ3v) is 2.45. The third kappa shape index (κ3) is 0.852. The van der Waals surface area contributed by atoms with Gasteiger partial charge in [0.2, 0.25) is 0 Å². The molecular formula is C12H7NO. The lowest BCUT2D eigenvalue weighted by Gasteiger charge is -2.02. The SMILES string of the molecule is O=C1C=CC=C2C=c3cccnc3=C12. The lowest BCUT2D eigenvalue weighted by Crippen LogP contribution is -2.27. The van der Waals surface area contributed by atoms with Crippen molar-refractivity contribution in [3.05, 3.63) is 52.7 Å². The second-order valence-electron chi connectivity index (χ2n) is 3.31. The third-order valence-electron chi connectivity index (χ3n) is 2.45. The predicted molar refractivity (Wildman–Crippen MR) is 53.6 cm³/mol. The number of fused-ring (bicyclic) bond motifs is 2. The number of hydrogen-bond donors (Lipinski definition) is 0. The molecule has 3 rings (SSSR count). The molecule has 0 bridgehead atoms. The number of carbonyl (C=O) groups is 1. The summed E-state index contributed by atoms with van der Waals surface area (Å²) in [6, 6.07) is 3.85. The van der Waals surface area contributed by atoms with Crippen LogP contribution in [-0.2, 0) is 4.79 Å². The monoisotopic (exact) mass is 181 g/mol. The molecule has 0 saturated carbocycles. The Bertz CT molecular complexity index is 605. The molecule has 14 heavy (non-hydrogen) atoms. The molecule has 66 valence electrons. The highest BCUT2D eigenvalue weighted by Crippen LogP contribution is 2.19. The summed E-state index contributed by atoms with van der Waals surface area (Å²) in [5.74, 6) is 0.0520. The van der Waals surface area contributed by atoms with Gasteiger partial charge in [0, 0.05) is 11.4 Å². The molecule has 2 aliphatic rings. The van der Waals surface area contributed by atoms with Crippen LogP contribution >= 0.6 is 0 Å².